The maximum atomic E-state index is 12.9. The Labute approximate surface area is 163 Å². The average Bonchev–Trinajstić information content (AvgIpc) is 2.64. The predicted molar refractivity (Wildman–Crippen MR) is 105 cm³/mol. The molecule has 0 saturated heterocycles. The van der Waals surface area contributed by atoms with Gasteiger partial charge in [-0.3, -0.25) is 4.79 Å². The van der Waals surface area contributed by atoms with E-state index in [0.29, 0.717) is 36.0 Å². The highest BCUT2D eigenvalue weighted by atomic mass is 19.1. The van der Waals surface area contributed by atoms with Gasteiger partial charge in [-0.1, -0.05) is 0 Å². The molecular weight excluding hydrogens is 361 g/mol. The Kier molecular flexibility index (Phi) is 4.78. The molecule has 1 atom stereocenters. The van der Waals surface area contributed by atoms with Gasteiger partial charge in [-0.2, -0.15) is 4.98 Å². The molecule has 1 amide bonds. The van der Waals surface area contributed by atoms with Crippen LogP contribution in [0.15, 0.2) is 24.3 Å². The summed E-state index contributed by atoms with van der Waals surface area (Å²) in [6.07, 6.45) is 1.92. The van der Waals surface area contributed by atoms with Crippen LogP contribution in [0.25, 0.3) is 0 Å². The van der Waals surface area contributed by atoms with Crippen molar-refractivity contribution in [2.24, 2.45) is 5.92 Å². The summed E-state index contributed by atoms with van der Waals surface area (Å²) in [4.78, 5) is 23.0. The number of hydrogen-bond donors (Lipinski definition) is 2. The third-order valence-electron chi connectivity index (χ3n) is 5.48. The lowest BCUT2D eigenvalue weighted by molar-refractivity contribution is -0.117. The topological polar surface area (TPSA) is 79.4 Å². The van der Waals surface area contributed by atoms with Gasteiger partial charge < -0.3 is 20.3 Å². The molecule has 0 unspecified atom stereocenters. The Morgan fingerprint density at radius 2 is 2.00 bits per heavy atom. The number of ether oxygens (including phenoxy) is 1. The van der Waals surface area contributed by atoms with Gasteiger partial charge in [-0.15, -0.1) is 0 Å². The van der Waals surface area contributed by atoms with Crippen LogP contribution in [0.3, 0.4) is 0 Å². The number of likely N-dealkylation sites (N-methyl/N-ethyl adjacent to an activating group) is 1. The maximum absolute atomic E-state index is 12.9. The molecule has 4 rings (SSSR count). The van der Waals surface area contributed by atoms with Crippen LogP contribution in [0.2, 0.25) is 0 Å². The first-order valence-electron chi connectivity index (χ1n) is 9.48. The van der Waals surface area contributed by atoms with Crippen LogP contribution < -0.4 is 20.3 Å². The van der Waals surface area contributed by atoms with Crippen LogP contribution in [0.5, 0.6) is 5.75 Å². The zero-order valence-electron chi connectivity index (χ0n) is 16.2. The molecule has 0 bridgehead atoms. The Morgan fingerprint density at radius 3 is 2.71 bits per heavy atom. The molecule has 7 nitrogen and oxygen atoms in total. The minimum Gasteiger partial charge on any atom is -0.493 e. The van der Waals surface area contributed by atoms with Crippen molar-refractivity contribution in [3.63, 3.8) is 0 Å². The van der Waals surface area contributed by atoms with E-state index in [1.165, 1.54) is 12.1 Å². The second-order valence-corrected chi connectivity index (χ2v) is 7.55. The van der Waals surface area contributed by atoms with Gasteiger partial charge in [0.05, 0.1) is 12.3 Å². The van der Waals surface area contributed by atoms with Gasteiger partial charge in [0, 0.05) is 13.1 Å². The number of carbonyl (C=O) groups is 1. The van der Waals surface area contributed by atoms with Crippen LogP contribution in [0.4, 0.5) is 21.8 Å². The number of nitrogens with one attached hydrogen (secondary N) is 2. The van der Waals surface area contributed by atoms with Gasteiger partial charge in [-0.25, -0.2) is 9.37 Å². The summed E-state index contributed by atoms with van der Waals surface area (Å²) < 4.78 is 18.6. The molecule has 1 aromatic carbocycles. The first-order chi connectivity index (χ1) is 13.4. The van der Waals surface area contributed by atoms with E-state index in [1.807, 2.05) is 25.8 Å². The van der Waals surface area contributed by atoms with E-state index >= 15 is 0 Å². The van der Waals surface area contributed by atoms with Crippen LogP contribution in [0.1, 0.15) is 25.5 Å². The minimum atomic E-state index is -0.272. The van der Waals surface area contributed by atoms with Gasteiger partial charge in [0.1, 0.15) is 23.3 Å². The summed E-state index contributed by atoms with van der Waals surface area (Å²) in [6, 6.07) is 6.10. The smallest absolute Gasteiger partial charge is 0.246 e. The third-order valence-corrected chi connectivity index (χ3v) is 5.48. The molecule has 0 spiro atoms. The molecule has 1 aliphatic carbocycles. The van der Waals surface area contributed by atoms with Crippen molar-refractivity contribution in [1.29, 1.82) is 0 Å². The molecule has 8 heteroatoms. The number of carbonyl (C=O) groups excluding carboxylic acids is 1. The second-order valence-electron chi connectivity index (χ2n) is 7.55. The number of aryl methyl sites for hydroxylation is 1. The Morgan fingerprint density at radius 1 is 1.29 bits per heavy atom. The molecule has 1 saturated carbocycles. The van der Waals surface area contributed by atoms with E-state index in [0.717, 1.165) is 24.4 Å². The molecule has 2 N–H and O–H groups in total. The normalized spacial score (nSPS) is 23.5. The lowest BCUT2D eigenvalue weighted by Gasteiger charge is -2.36. The fourth-order valence-electron chi connectivity index (χ4n) is 3.53. The Hall–Kier alpha value is -2.90. The average molecular weight is 385 g/mol. The molecule has 2 heterocycles. The lowest BCUT2D eigenvalue weighted by Crippen LogP contribution is -2.45. The van der Waals surface area contributed by atoms with Crippen molar-refractivity contribution in [3.8, 4) is 5.75 Å². The number of nitrogens with zero attached hydrogens (tertiary/aromatic N) is 3. The summed E-state index contributed by atoms with van der Waals surface area (Å²) in [6.45, 7) is 4.33. The van der Waals surface area contributed by atoms with Crippen molar-refractivity contribution in [1.82, 2.24) is 9.97 Å². The largest absolute Gasteiger partial charge is 0.493 e. The van der Waals surface area contributed by atoms with Crippen molar-refractivity contribution in [3.05, 3.63) is 35.8 Å². The third kappa shape index (κ3) is 3.58. The molecule has 0 radical (unpaired) electrons. The van der Waals surface area contributed by atoms with Gasteiger partial charge in [-0.05, 0) is 56.9 Å². The molecule has 1 fully saturated rings. The second kappa shape index (κ2) is 7.26. The number of amides is 1. The zero-order chi connectivity index (χ0) is 19.8. The standard InChI is InChI=1S/C20H24FN5O2/c1-11-17-18(26(3)12(2)19(27)24-17)25-20(22-11)23-15-8-13(9-15)10-28-16-6-4-14(21)5-7-16/h4-7,12-13,15H,8-10H2,1-3H3,(H,24,27)(H,22,23,25)/t12-,13?,15?/m0/s1. The minimum absolute atomic E-state index is 0.0506. The summed E-state index contributed by atoms with van der Waals surface area (Å²) in [5.74, 6) is 2.13. The molecule has 148 valence electrons. The predicted octanol–water partition coefficient (Wildman–Crippen LogP) is 2.97. The van der Waals surface area contributed by atoms with Gasteiger partial charge in [0.15, 0.2) is 5.82 Å². The molecule has 2 aliphatic rings. The number of fused-ring (bicyclic) bond motifs is 1. The maximum Gasteiger partial charge on any atom is 0.246 e. The number of hydrogen-bond acceptors (Lipinski definition) is 6. The molecule has 2 aromatic rings. The summed E-state index contributed by atoms with van der Waals surface area (Å²) >= 11 is 0. The number of halogens is 1. The van der Waals surface area contributed by atoms with Crippen molar-refractivity contribution in [2.45, 2.75) is 38.8 Å². The number of rotatable bonds is 5. The van der Waals surface area contributed by atoms with Crippen LogP contribution in [-0.4, -0.2) is 41.6 Å². The van der Waals surface area contributed by atoms with Gasteiger partial charge in [0.2, 0.25) is 11.9 Å². The van der Waals surface area contributed by atoms with E-state index in [4.69, 9.17) is 4.74 Å². The highest BCUT2D eigenvalue weighted by Gasteiger charge is 2.33. The van der Waals surface area contributed by atoms with Crippen molar-refractivity contribution < 1.29 is 13.9 Å². The molecule has 1 aliphatic heterocycles. The fraction of sp³-hybridized carbons (Fsp3) is 0.450. The van der Waals surface area contributed by atoms with Crippen LogP contribution in [-0.2, 0) is 4.79 Å². The SMILES string of the molecule is Cc1nc(NC2CC(COc3ccc(F)cc3)C2)nc2c1NC(=O)[C@H](C)N2C. The molecule has 1 aromatic heterocycles. The number of aromatic nitrogens is 2. The van der Waals surface area contributed by atoms with Gasteiger partial charge in [0.25, 0.3) is 0 Å². The zero-order valence-corrected chi connectivity index (χ0v) is 16.2. The Balaban J connectivity index is 1.33. The molecular formula is C20H24FN5O2. The summed E-state index contributed by atoms with van der Waals surface area (Å²) in [5.41, 5.74) is 1.42. The van der Waals surface area contributed by atoms with E-state index in [1.54, 1.807) is 12.1 Å². The Bertz CT molecular complexity index is 883. The highest BCUT2D eigenvalue weighted by molar-refractivity contribution is 6.03. The highest BCUT2D eigenvalue weighted by Crippen LogP contribution is 2.34. The quantitative estimate of drug-likeness (QED) is 0.824. The van der Waals surface area contributed by atoms with E-state index in [-0.39, 0.29) is 17.8 Å². The monoisotopic (exact) mass is 385 g/mol. The number of benzene rings is 1. The van der Waals surface area contributed by atoms with Gasteiger partial charge >= 0.3 is 0 Å². The number of anilines is 3. The molecule has 28 heavy (non-hydrogen) atoms. The van der Waals surface area contributed by atoms with Crippen molar-refractivity contribution >= 4 is 23.4 Å². The summed E-state index contributed by atoms with van der Waals surface area (Å²) in [5, 5.41) is 6.27. The van der Waals surface area contributed by atoms with E-state index < -0.39 is 0 Å². The lowest BCUT2D eigenvalue weighted by atomic mass is 9.81. The van der Waals surface area contributed by atoms with Crippen LogP contribution in [0, 0.1) is 18.7 Å². The van der Waals surface area contributed by atoms with Crippen LogP contribution >= 0.6 is 0 Å². The summed E-state index contributed by atoms with van der Waals surface area (Å²) in [7, 11) is 1.87. The van der Waals surface area contributed by atoms with Crippen molar-refractivity contribution in [2.75, 3.05) is 29.2 Å². The fourth-order valence-corrected chi connectivity index (χ4v) is 3.53. The van der Waals surface area contributed by atoms with E-state index in [9.17, 15) is 9.18 Å². The first-order valence-corrected chi connectivity index (χ1v) is 9.48. The first kappa shape index (κ1) is 18.5. The van der Waals surface area contributed by atoms with E-state index in [2.05, 4.69) is 20.6 Å².